The third-order valence-corrected chi connectivity index (χ3v) is 4.72. The fourth-order valence-corrected chi connectivity index (χ4v) is 3.42. The summed E-state index contributed by atoms with van der Waals surface area (Å²) < 4.78 is 4.99. The summed E-state index contributed by atoms with van der Waals surface area (Å²) in [4.78, 5) is 49.6. The van der Waals surface area contributed by atoms with Crippen molar-refractivity contribution in [2.24, 2.45) is 0 Å². The minimum absolute atomic E-state index is 0.0943. The molecule has 7 heteroatoms. The average Bonchev–Trinajstić information content (AvgIpc) is 2.92. The largest absolute Gasteiger partial charge is 0.456 e. The second-order valence-corrected chi connectivity index (χ2v) is 7.04. The van der Waals surface area contributed by atoms with Crippen LogP contribution in [0.5, 0.6) is 0 Å². The molecular weight excluding hydrogens is 372 g/mol. The molecule has 0 unspecified atom stereocenters. The molecule has 150 valence electrons. The number of fused-ring (bicyclic) bond motifs is 1. The van der Waals surface area contributed by atoms with Gasteiger partial charge in [0.2, 0.25) is 0 Å². The Bertz CT molecular complexity index is 954. The van der Waals surface area contributed by atoms with Crippen LogP contribution in [0.25, 0.3) is 0 Å². The second-order valence-electron chi connectivity index (χ2n) is 7.04. The number of amides is 3. The molecule has 1 aliphatic heterocycles. The SMILES string of the molecule is Cc1cc(C)c(NC(=O)COC(=O)CCN2C(=O)c3ccccc3C2=O)c(C)c1. The van der Waals surface area contributed by atoms with E-state index in [1.807, 2.05) is 32.9 Å². The molecule has 3 rings (SSSR count). The van der Waals surface area contributed by atoms with Gasteiger partial charge in [-0.05, 0) is 44.0 Å². The van der Waals surface area contributed by atoms with Gasteiger partial charge < -0.3 is 10.1 Å². The first kappa shape index (κ1) is 20.3. The van der Waals surface area contributed by atoms with Gasteiger partial charge in [-0.15, -0.1) is 0 Å². The number of esters is 1. The zero-order chi connectivity index (χ0) is 21.1. The highest BCUT2D eigenvalue weighted by Gasteiger charge is 2.35. The Kier molecular flexibility index (Phi) is 5.77. The smallest absolute Gasteiger partial charge is 0.308 e. The van der Waals surface area contributed by atoms with Gasteiger partial charge in [-0.25, -0.2) is 0 Å². The van der Waals surface area contributed by atoms with Crippen molar-refractivity contribution in [1.29, 1.82) is 0 Å². The van der Waals surface area contributed by atoms with Crippen LogP contribution in [-0.4, -0.2) is 41.7 Å². The van der Waals surface area contributed by atoms with Crippen molar-refractivity contribution in [3.8, 4) is 0 Å². The van der Waals surface area contributed by atoms with Gasteiger partial charge in [-0.3, -0.25) is 24.1 Å². The van der Waals surface area contributed by atoms with Crippen molar-refractivity contribution in [3.05, 3.63) is 64.2 Å². The first-order valence-electron chi connectivity index (χ1n) is 9.26. The molecule has 29 heavy (non-hydrogen) atoms. The van der Waals surface area contributed by atoms with Crippen LogP contribution in [0.3, 0.4) is 0 Å². The van der Waals surface area contributed by atoms with Crippen LogP contribution >= 0.6 is 0 Å². The molecule has 2 aromatic carbocycles. The molecule has 1 N–H and O–H groups in total. The van der Waals surface area contributed by atoms with E-state index in [9.17, 15) is 19.2 Å². The number of ether oxygens (including phenoxy) is 1. The van der Waals surface area contributed by atoms with Crippen LogP contribution in [0, 0.1) is 20.8 Å². The average molecular weight is 394 g/mol. The van der Waals surface area contributed by atoms with E-state index >= 15 is 0 Å². The monoisotopic (exact) mass is 394 g/mol. The number of nitrogens with zero attached hydrogens (tertiary/aromatic N) is 1. The van der Waals surface area contributed by atoms with Gasteiger partial charge in [0, 0.05) is 12.2 Å². The van der Waals surface area contributed by atoms with Gasteiger partial charge in [0.05, 0.1) is 17.5 Å². The fraction of sp³-hybridized carbons (Fsp3) is 0.273. The number of hydrogen-bond donors (Lipinski definition) is 1. The lowest BCUT2D eigenvalue weighted by atomic mass is 10.1. The van der Waals surface area contributed by atoms with Crippen LogP contribution in [0.4, 0.5) is 5.69 Å². The highest BCUT2D eigenvalue weighted by Crippen LogP contribution is 2.23. The van der Waals surface area contributed by atoms with Crippen molar-refractivity contribution >= 4 is 29.4 Å². The summed E-state index contributed by atoms with van der Waals surface area (Å²) in [6.45, 7) is 5.23. The Morgan fingerprint density at radius 3 is 2.07 bits per heavy atom. The standard InChI is InChI=1S/C22H22N2O5/c1-13-10-14(2)20(15(3)11-13)23-18(25)12-29-19(26)8-9-24-21(27)16-6-4-5-7-17(16)22(24)28/h4-7,10-11H,8-9,12H2,1-3H3,(H,23,25). The third kappa shape index (κ3) is 4.34. The van der Waals surface area contributed by atoms with Crippen LogP contribution < -0.4 is 5.32 Å². The molecular formula is C22H22N2O5. The fourth-order valence-electron chi connectivity index (χ4n) is 3.42. The summed E-state index contributed by atoms with van der Waals surface area (Å²) in [5.41, 5.74) is 4.30. The number of aryl methyl sites for hydroxylation is 3. The number of carbonyl (C=O) groups excluding carboxylic acids is 4. The second kappa shape index (κ2) is 8.26. The third-order valence-electron chi connectivity index (χ3n) is 4.72. The van der Waals surface area contributed by atoms with Gasteiger partial charge in [-0.2, -0.15) is 0 Å². The van der Waals surface area contributed by atoms with Gasteiger partial charge in [0.15, 0.2) is 6.61 Å². The molecule has 0 saturated heterocycles. The normalized spacial score (nSPS) is 12.7. The lowest BCUT2D eigenvalue weighted by Crippen LogP contribution is -2.32. The zero-order valence-corrected chi connectivity index (χ0v) is 16.6. The molecule has 0 aliphatic carbocycles. The van der Waals surface area contributed by atoms with Crippen molar-refractivity contribution in [1.82, 2.24) is 4.90 Å². The lowest BCUT2D eigenvalue weighted by Gasteiger charge is -2.14. The maximum atomic E-state index is 12.3. The number of rotatable bonds is 6. The quantitative estimate of drug-likeness (QED) is 0.601. The van der Waals surface area contributed by atoms with Crippen LogP contribution in [0.1, 0.15) is 43.8 Å². The van der Waals surface area contributed by atoms with E-state index in [0.717, 1.165) is 21.6 Å². The van der Waals surface area contributed by atoms with E-state index in [1.54, 1.807) is 24.3 Å². The van der Waals surface area contributed by atoms with Crippen molar-refractivity contribution in [2.45, 2.75) is 27.2 Å². The minimum atomic E-state index is -0.658. The molecule has 2 aromatic rings. The Morgan fingerprint density at radius 1 is 0.966 bits per heavy atom. The lowest BCUT2D eigenvalue weighted by molar-refractivity contribution is -0.147. The minimum Gasteiger partial charge on any atom is -0.456 e. The molecule has 0 aromatic heterocycles. The molecule has 0 spiro atoms. The highest BCUT2D eigenvalue weighted by molar-refractivity contribution is 6.21. The van der Waals surface area contributed by atoms with Crippen molar-refractivity contribution < 1.29 is 23.9 Å². The van der Waals surface area contributed by atoms with Crippen LogP contribution in [-0.2, 0) is 14.3 Å². The highest BCUT2D eigenvalue weighted by atomic mass is 16.5. The molecule has 0 bridgehead atoms. The Morgan fingerprint density at radius 2 is 1.52 bits per heavy atom. The molecule has 1 heterocycles. The summed E-state index contributed by atoms with van der Waals surface area (Å²) in [6, 6.07) is 10.4. The summed E-state index contributed by atoms with van der Waals surface area (Å²) in [6.07, 6.45) is -0.179. The molecule has 3 amide bonds. The number of imide groups is 1. The molecule has 0 fully saturated rings. The predicted molar refractivity (Wildman–Crippen MR) is 107 cm³/mol. The molecule has 1 aliphatic rings. The number of benzene rings is 2. The molecule has 7 nitrogen and oxygen atoms in total. The van der Waals surface area contributed by atoms with E-state index in [0.29, 0.717) is 16.8 Å². The Hall–Kier alpha value is -3.48. The van der Waals surface area contributed by atoms with Gasteiger partial charge in [0.25, 0.3) is 17.7 Å². The van der Waals surface area contributed by atoms with E-state index in [-0.39, 0.29) is 13.0 Å². The topological polar surface area (TPSA) is 92.8 Å². The number of nitrogens with one attached hydrogen (secondary N) is 1. The van der Waals surface area contributed by atoms with Crippen molar-refractivity contribution in [2.75, 3.05) is 18.5 Å². The maximum Gasteiger partial charge on any atom is 0.308 e. The number of carbonyl (C=O) groups is 4. The van der Waals surface area contributed by atoms with Crippen LogP contribution in [0.2, 0.25) is 0 Å². The van der Waals surface area contributed by atoms with Gasteiger partial charge >= 0.3 is 5.97 Å². The van der Waals surface area contributed by atoms with E-state index in [2.05, 4.69) is 5.32 Å². The first-order valence-corrected chi connectivity index (χ1v) is 9.26. The molecule has 0 radical (unpaired) electrons. The molecule has 0 saturated carbocycles. The van der Waals surface area contributed by atoms with Gasteiger partial charge in [-0.1, -0.05) is 29.8 Å². The molecule has 0 atom stereocenters. The Labute approximate surface area is 168 Å². The van der Waals surface area contributed by atoms with E-state index < -0.39 is 30.3 Å². The summed E-state index contributed by atoms with van der Waals surface area (Å²) in [5, 5.41) is 2.75. The van der Waals surface area contributed by atoms with Crippen LogP contribution in [0.15, 0.2) is 36.4 Å². The maximum absolute atomic E-state index is 12.3. The number of anilines is 1. The summed E-state index contributed by atoms with van der Waals surface area (Å²) in [5.74, 6) is -1.97. The Balaban J connectivity index is 1.49. The summed E-state index contributed by atoms with van der Waals surface area (Å²) >= 11 is 0. The summed E-state index contributed by atoms with van der Waals surface area (Å²) in [7, 11) is 0. The van der Waals surface area contributed by atoms with E-state index in [4.69, 9.17) is 4.74 Å². The van der Waals surface area contributed by atoms with Crippen molar-refractivity contribution in [3.63, 3.8) is 0 Å². The zero-order valence-electron chi connectivity index (χ0n) is 16.6. The van der Waals surface area contributed by atoms with Gasteiger partial charge in [0.1, 0.15) is 0 Å². The first-order chi connectivity index (χ1) is 13.8. The van der Waals surface area contributed by atoms with E-state index in [1.165, 1.54) is 0 Å². The predicted octanol–water partition coefficient (Wildman–Crippen LogP) is 2.78. The number of hydrogen-bond acceptors (Lipinski definition) is 5.